The summed E-state index contributed by atoms with van der Waals surface area (Å²) >= 11 is 6.15. The molecule has 1 aromatic rings. The van der Waals surface area contributed by atoms with Crippen molar-refractivity contribution < 1.29 is 19.1 Å². The summed E-state index contributed by atoms with van der Waals surface area (Å²) in [6, 6.07) is 2.92. The van der Waals surface area contributed by atoms with Gasteiger partial charge in [-0.05, 0) is 19.1 Å². The molecule has 1 saturated heterocycles. The van der Waals surface area contributed by atoms with Crippen LogP contribution in [-0.4, -0.2) is 50.1 Å². The van der Waals surface area contributed by atoms with Crippen LogP contribution >= 0.6 is 11.6 Å². The molecular weight excluding hydrogens is 308 g/mol. The monoisotopic (exact) mass is 326 g/mol. The van der Waals surface area contributed by atoms with E-state index in [1.165, 1.54) is 13.2 Å². The van der Waals surface area contributed by atoms with Crippen molar-refractivity contribution >= 4 is 23.4 Å². The van der Waals surface area contributed by atoms with Crippen LogP contribution < -0.4 is 14.8 Å². The Morgan fingerprint density at radius 3 is 2.77 bits per heavy atom. The zero-order valence-corrected chi connectivity index (χ0v) is 13.6. The summed E-state index contributed by atoms with van der Waals surface area (Å²) < 4.78 is 10.6. The highest BCUT2D eigenvalue weighted by atomic mass is 35.5. The smallest absolute Gasteiger partial charge is 0.251 e. The molecule has 1 atom stereocenters. The molecule has 120 valence electrons. The number of amides is 2. The van der Waals surface area contributed by atoms with E-state index in [1.807, 2.05) is 6.92 Å². The van der Waals surface area contributed by atoms with Gasteiger partial charge >= 0.3 is 0 Å². The maximum Gasteiger partial charge on any atom is 0.251 e. The lowest BCUT2D eigenvalue weighted by atomic mass is 10.1. The fraction of sp³-hybridized carbons (Fsp3) is 0.467. The lowest BCUT2D eigenvalue weighted by Gasteiger charge is -2.15. The number of benzene rings is 1. The van der Waals surface area contributed by atoms with Gasteiger partial charge in [0.1, 0.15) is 0 Å². The molecule has 1 fully saturated rings. The Morgan fingerprint density at radius 2 is 2.23 bits per heavy atom. The quantitative estimate of drug-likeness (QED) is 0.894. The van der Waals surface area contributed by atoms with Gasteiger partial charge in [0.25, 0.3) is 5.91 Å². The van der Waals surface area contributed by atoms with Crippen molar-refractivity contribution in [2.45, 2.75) is 19.4 Å². The predicted molar refractivity (Wildman–Crippen MR) is 82.7 cm³/mol. The standard InChI is InChI=1S/C15H19ClN2O4/c1-4-22-14-11(16)5-9(6-12(14)21-3)15(20)17-10-7-13(19)18(2)8-10/h5-6,10H,4,7-8H2,1-3H3,(H,17,20)/t10-/m0/s1. The molecule has 22 heavy (non-hydrogen) atoms. The first-order chi connectivity index (χ1) is 10.5. The Morgan fingerprint density at radius 1 is 1.50 bits per heavy atom. The summed E-state index contributed by atoms with van der Waals surface area (Å²) in [6.07, 6.45) is 0.310. The average Bonchev–Trinajstić information content (AvgIpc) is 2.79. The molecule has 0 aliphatic carbocycles. The van der Waals surface area contributed by atoms with E-state index in [4.69, 9.17) is 21.1 Å². The van der Waals surface area contributed by atoms with Crippen molar-refractivity contribution in [1.29, 1.82) is 0 Å². The molecule has 0 radical (unpaired) electrons. The Hall–Kier alpha value is -1.95. The first-order valence-corrected chi connectivity index (χ1v) is 7.39. The average molecular weight is 327 g/mol. The Labute approximate surface area is 134 Å². The van der Waals surface area contributed by atoms with Crippen LogP contribution in [0, 0.1) is 0 Å². The van der Waals surface area contributed by atoms with Gasteiger partial charge in [0, 0.05) is 25.6 Å². The number of ether oxygens (including phenoxy) is 2. The number of nitrogens with one attached hydrogen (secondary N) is 1. The number of hydrogen-bond donors (Lipinski definition) is 1. The van der Waals surface area contributed by atoms with Gasteiger partial charge in [0.15, 0.2) is 11.5 Å². The molecule has 7 heteroatoms. The second kappa shape index (κ2) is 6.87. The second-order valence-corrected chi connectivity index (χ2v) is 5.48. The van der Waals surface area contributed by atoms with E-state index in [9.17, 15) is 9.59 Å². The van der Waals surface area contributed by atoms with Crippen LogP contribution in [0.5, 0.6) is 11.5 Å². The van der Waals surface area contributed by atoms with Crippen molar-refractivity contribution in [3.63, 3.8) is 0 Å². The molecule has 1 aliphatic heterocycles. The van der Waals surface area contributed by atoms with Crippen molar-refractivity contribution in [3.05, 3.63) is 22.7 Å². The number of nitrogens with zero attached hydrogens (tertiary/aromatic N) is 1. The third-order valence-corrected chi connectivity index (χ3v) is 3.74. The summed E-state index contributed by atoms with van der Waals surface area (Å²) in [5.41, 5.74) is 0.368. The molecule has 1 aliphatic rings. The normalized spacial score (nSPS) is 17.5. The molecule has 1 aromatic carbocycles. The number of hydrogen-bond acceptors (Lipinski definition) is 4. The van der Waals surface area contributed by atoms with Crippen molar-refractivity contribution in [2.75, 3.05) is 27.3 Å². The number of halogens is 1. The maximum atomic E-state index is 12.3. The Bertz CT molecular complexity index is 591. The topological polar surface area (TPSA) is 67.9 Å². The molecule has 0 saturated carbocycles. The summed E-state index contributed by atoms with van der Waals surface area (Å²) in [7, 11) is 3.20. The number of carbonyl (C=O) groups excluding carboxylic acids is 2. The minimum atomic E-state index is -0.295. The largest absolute Gasteiger partial charge is 0.493 e. The minimum absolute atomic E-state index is 0.0209. The van der Waals surface area contributed by atoms with Gasteiger partial charge in [-0.2, -0.15) is 0 Å². The highest BCUT2D eigenvalue weighted by Gasteiger charge is 2.28. The Kier molecular flexibility index (Phi) is 5.13. The SMILES string of the molecule is CCOc1c(Cl)cc(C(=O)N[C@H]2CC(=O)N(C)C2)cc1OC. The summed E-state index contributed by atoms with van der Waals surface area (Å²) in [5, 5.41) is 3.14. The maximum absolute atomic E-state index is 12.3. The van der Waals surface area contributed by atoms with E-state index in [0.29, 0.717) is 41.7 Å². The molecule has 0 spiro atoms. The zero-order chi connectivity index (χ0) is 16.3. The van der Waals surface area contributed by atoms with Crippen LogP contribution in [0.2, 0.25) is 5.02 Å². The van der Waals surface area contributed by atoms with Crippen molar-refractivity contribution in [1.82, 2.24) is 10.2 Å². The second-order valence-electron chi connectivity index (χ2n) is 5.07. The molecule has 0 bridgehead atoms. The summed E-state index contributed by atoms with van der Waals surface area (Å²) in [5.74, 6) is 0.544. The van der Waals surface area contributed by atoms with Gasteiger partial charge < -0.3 is 19.7 Å². The number of rotatable bonds is 5. The van der Waals surface area contributed by atoms with Crippen molar-refractivity contribution in [3.8, 4) is 11.5 Å². The summed E-state index contributed by atoms with van der Waals surface area (Å²) in [4.78, 5) is 25.4. The molecule has 1 heterocycles. The van der Waals surface area contributed by atoms with Gasteiger partial charge in [-0.15, -0.1) is 0 Å². The van der Waals surface area contributed by atoms with Gasteiger partial charge in [-0.1, -0.05) is 11.6 Å². The van der Waals surface area contributed by atoms with Crippen LogP contribution in [0.3, 0.4) is 0 Å². The van der Waals surface area contributed by atoms with E-state index < -0.39 is 0 Å². The molecular formula is C15H19ClN2O4. The van der Waals surface area contributed by atoms with E-state index >= 15 is 0 Å². The van der Waals surface area contributed by atoms with E-state index in [0.717, 1.165) is 0 Å². The van der Waals surface area contributed by atoms with Crippen LogP contribution in [0.4, 0.5) is 0 Å². The van der Waals surface area contributed by atoms with Crippen molar-refractivity contribution in [2.24, 2.45) is 0 Å². The lowest BCUT2D eigenvalue weighted by molar-refractivity contribution is -0.126. The molecule has 2 rings (SSSR count). The Balaban J connectivity index is 2.16. The van der Waals surface area contributed by atoms with Crippen LogP contribution in [0.1, 0.15) is 23.7 Å². The first kappa shape index (κ1) is 16.4. The molecule has 0 unspecified atom stereocenters. The fourth-order valence-corrected chi connectivity index (χ4v) is 2.63. The van der Waals surface area contributed by atoms with E-state index in [1.54, 1.807) is 18.0 Å². The van der Waals surface area contributed by atoms with Gasteiger partial charge in [-0.3, -0.25) is 9.59 Å². The van der Waals surface area contributed by atoms with Crippen LogP contribution in [0.15, 0.2) is 12.1 Å². The molecule has 1 N–H and O–H groups in total. The predicted octanol–water partition coefficient (Wildman–Crippen LogP) is 1.71. The zero-order valence-electron chi connectivity index (χ0n) is 12.8. The highest BCUT2D eigenvalue weighted by molar-refractivity contribution is 6.32. The third-order valence-electron chi connectivity index (χ3n) is 3.46. The molecule has 6 nitrogen and oxygen atoms in total. The lowest BCUT2D eigenvalue weighted by Crippen LogP contribution is -2.36. The van der Waals surface area contributed by atoms with E-state index in [2.05, 4.69) is 5.32 Å². The first-order valence-electron chi connectivity index (χ1n) is 7.01. The molecule has 0 aromatic heterocycles. The van der Waals surface area contributed by atoms with Crippen LogP contribution in [-0.2, 0) is 4.79 Å². The van der Waals surface area contributed by atoms with Gasteiger partial charge in [0.2, 0.25) is 5.91 Å². The number of likely N-dealkylation sites (tertiary alicyclic amines) is 1. The summed E-state index contributed by atoms with van der Waals surface area (Å²) in [6.45, 7) is 2.79. The third kappa shape index (κ3) is 3.44. The fourth-order valence-electron chi connectivity index (χ4n) is 2.36. The minimum Gasteiger partial charge on any atom is -0.493 e. The number of likely N-dealkylation sites (N-methyl/N-ethyl adjacent to an activating group) is 1. The van der Waals surface area contributed by atoms with Gasteiger partial charge in [0.05, 0.1) is 24.8 Å². The van der Waals surface area contributed by atoms with Gasteiger partial charge in [-0.25, -0.2) is 0 Å². The number of carbonyl (C=O) groups is 2. The van der Waals surface area contributed by atoms with Crippen LogP contribution in [0.25, 0.3) is 0 Å². The van der Waals surface area contributed by atoms with E-state index in [-0.39, 0.29) is 17.9 Å². The number of methoxy groups -OCH3 is 1. The highest BCUT2D eigenvalue weighted by Crippen LogP contribution is 2.36. The molecule has 2 amide bonds.